The first-order valence-electron chi connectivity index (χ1n) is 8.22. The third kappa shape index (κ3) is 2.55. The average molecular weight is 276 g/mol. The van der Waals surface area contributed by atoms with Crippen LogP contribution in [-0.2, 0) is 6.54 Å². The summed E-state index contributed by atoms with van der Waals surface area (Å²) in [4.78, 5) is 2.39. The second kappa shape index (κ2) is 5.35. The monoisotopic (exact) mass is 276 g/mol. The van der Waals surface area contributed by atoms with Crippen LogP contribution in [0.1, 0.15) is 57.3 Å². The Morgan fingerprint density at radius 1 is 1.05 bits per heavy atom. The molecule has 1 saturated heterocycles. The number of rotatable bonds is 4. The molecule has 5 heteroatoms. The van der Waals surface area contributed by atoms with E-state index < -0.39 is 0 Å². The van der Waals surface area contributed by atoms with Gasteiger partial charge < -0.3 is 14.6 Å². The van der Waals surface area contributed by atoms with Gasteiger partial charge in [-0.3, -0.25) is 0 Å². The van der Waals surface area contributed by atoms with Crippen molar-refractivity contribution in [1.82, 2.24) is 15.5 Å². The standard InChI is InChI=1S/C15H24N4O/c1-2-6-13-11(4-1)5-3-9-19(13)15-18-17-14(20-15)10-16-12-7-8-12/h11-13,16H,1-10H2/t11-,13-/m1/s1. The van der Waals surface area contributed by atoms with E-state index in [1.807, 2.05) is 0 Å². The summed E-state index contributed by atoms with van der Waals surface area (Å²) in [5.74, 6) is 1.59. The minimum atomic E-state index is 0.641. The van der Waals surface area contributed by atoms with E-state index in [2.05, 4.69) is 20.4 Å². The number of nitrogens with one attached hydrogen (secondary N) is 1. The highest BCUT2D eigenvalue weighted by Gasteiger charge is 2.35. The number of fused-ring (bicyclic) bond motifs is 1. The van der Waals surface area contributed by atoms with Crippen molar-refractivity contribution in [2.75, 3.05) is 11.4 Å². The van der Waals surface area contributed by atoms with Gasteiger partial charge in [0.1, 0.15) is 0 Å². The summed E-state index contributed by atoms with van der Waals surface area (Å²) >= 11 is 0. The fraction of sp³-hybridized carbons (Fsp3) is 0.867. The van der Waals surface area contributed by atoms with Gasteiger partial charge in [-0.2, -0.15) is 0 Å². The van der Waals surface area contributed by atoms with Gasteiger partial charge in [0.25, 0.3) is 0 Å². The molecule has 0 aromatic carbocycles. The van der Waals surface area contributed by atoms with Crippen molar-refractivity contribution in [2.45, 2.75) is 70.0 Å². The first kappa shape index (κ1) is 12.6. The van der Waals surface area contributed by atoms with Crippen molar-refractivity contribution in [3.8, 4) is 0 Å². The molecule has 0 spiro atoms. The van der Waals surface area contributed by atoms with Gasteiger partial charge >= 0.3 is 6.01 Å². The number of hydrogen-bond donors (Lipinski definition) is 1. The molecular formula is C15H24N4O. The summed E-state index contributed by atoms with van der Waals surface area (Å²) in [5, 5.41) is 11.9. The molecule has 1 aromatic rings. The third-order valence-electron chi connectivity index (χ3n) is 5.06. The molecule has 110 valence electrons. The molecule has 2 atom stereocenters. The van der Waals surface area contributed by atoms with Crippen LogP contribution in [0.15, 0.2) is 4.42 Å². The maximum absolute atomic E-state index is 5.89. The molecule has 20 heavy (non-hydrogen) atoms. The van der Waals surface area contributed by atoms with Gasteiger partial charge in [0.15, 0.2) is 0 Å². The Kier molecular flexibility index (Phi) is 3.38. The van der Waals surface area contributed by atoms with Crippen LogP contribution < -0.4 is 10.2 Å². The maximum Gasteiger partial charge on any atom is 0.318 e. The largest absolute Gasteiger partial charge is 0.407 e. The SMILES string of the molecule is C1CC[C@@H]2[C@H](C1)CCCN2c1nnc(CNC2CC2)o1. The van der Waals surface area contributed by atoms with E-state index in [9.17, 15) is 0 Å². The minimum absolute atomic E-state index is 0.641. The first-order chi connectivity index (χ1) is 9.90. The molecule has 3 aliphatic rings. The lowest BCUT2D eigenvalue weighted by molar-refractivity contribution is 0.234. The van der Waals surface area contributed by atoms with E-state index in [0.29, 0.717) is 12.1 Å². The van der Waals surface area contributed by atoms with E-state index in [0.717, 1.165) is 30.9 Å². The molecule has 0 radical (unpaired) electrons. The molecule has 0 unspecified atom stereocenters. The number of aromatic nitrogens is 2. The van der Waals surface area contributed by atoms with E-state index in [1.165, 1.54) is 51.4 Å². The Morgan fingerprint density at radius 2 is 1.90 bits per heavy atom. The van der Waals surface area contributed by atoms with Gasteiger partial charge in [-0.1, -0.05) is 17.9 Å². The average Bonchev–Trinajstić information content (AvgIpc) is 3.21. The third-order valence-corrected chi connectivity index (χ3v) is 5.06. The quantitative estimate of drug-likeness (QED) is 0.915. The lowest BCUT2D eigenvalue weighted by atomic mass is 9.78. The molecule has 0 bridgehead atoms. The molecule has 1 aromatic heterocycles. The van der Waals surface area contributed by atoms with Gasteiger partial charge in [0.05, 0.1) is 6.54 Å². The second-order valence-electron chi connectivity index (χ2n) is 6.58. The Labute approximate surface area is 120 Å². The molecule has 4 rings (SSSR count). The fourth-order valence-electron chi connectivity index (χ4n) is 3.81. The zero-order chi connectivity index (χ0) is 13.4. The number of anilines is 1. The summed E-state index contributed by atoms with van der Waals surface area (Å²) in [6.45, 7) is 1.80. The van der Waals surface area contributed by atoms with E-state index in [-0.39, 0.29) is 0 Å². The molecule has 2 saturated carbocycles. The lowest BCUT2D eigenvalue weighted by Crippen LogP contribution is -2.47. The second-order valence-corrected chi connectivity index (χ2v) is 6.58. The van der Waals surface area contributed by atoms with Crippen LogP contribution in [0, 0.1) is 5.92 Å². The first-order valence-corrected chi connectivity index (χ1v) is 8.22. The Bertz CT molecular complexity index is 454. The normalized spacial score (nSPS) is 30.3. The molecule has 5 nitrogen and oxygen atoms in total. The maximum atomic E-state index is 5.89. The molecule has 2 aliphatic carbocycles. The smallest absolute Gasteiger partial charge is 0.318 e. The highest BCUT2D eigenvalue weighted by molar-refractivity contribution is 5.28. The van der Waals surface area contributed by atoms with Crippen molar-refractivity contribution < 1.29 is 4.42 Å². The zero-order valence-corrected chi connectivity index (χ0v) is 12.1. The van der Waals surface area contributed by atoms with Crippen molar-refractivity contribution in [1.29, 1.82) is 0 Å². The van der Waals surface area contributed by atoms with Crippen LogP contribution in [0.3, 0.4) is 0 Å². The van der Waals surface area contributed by atoms with E-state index >= 15 is 0 Å². The van der Waals surface area contributed by atoms with Crippen LogP contribution in [0.5, 0.6) is 0 Å². The molecule has 0 amide bonds. The van der Waals surface area contributed by atoms with Crippen LogP contribution in [-0.4, -0.2) is 28.8 Å². The number of piperidine rings is 1. The summed E-state index contributed by atoms with van der Waals surface area (Å²) in [6, 6.07) is 2.08. The predicted octanol–water partition coefficient (Wildman–Crippen LogP) is 2.48. The molecule has 1 N–H and O–H groups in total. The van der Waals surface area contributed by atoms with Gasteiger partial charge in [-0.25, -0.2) is 0 Å². The summed E-state index contributed by atoms with van der Waals surface area (Å²) in [5.41, 5.74) is 0. The van der Waals surface area contributed by atoms with Crippen LogP contribution in [0.4, 0.5) is 6.01 Å². The minimum Gasteiger partial charge on any atom is -0.407 e. The highest BCUT2D eigenvalue weighted by Crippen LogP contribution is 2.37. The summed E-state index contributed by atoms with van der Waals surface area (Å²) in [7, 11) is 0. The summed E-state index contributed by atoms with van der Waals surface area (Å²) in [6.07, 6.45) is 10.6. The van der Waals surface area contributed by atoms with Crippen LogP contribution in [0.25, 0.3) is 0 Å². The van der Waals surface area contributed by atoms with Crippen molar-refractivity contribution in [3.05, 3.63) is 5.89 Å². The molecule has 1 aliphatic heterocycles. The number of hydrogen-bond acceptors (Lipinski definition) is 5. The van der Waals surface area contributed by atoms with Crippen molar-refractivity contribution in [3.63, 3.8) is 0 Å². The van der Waals surface area contributed by atoms with E-state index in [1.54, 1.807) is 0 Å². The Balaban J connectivity index is 1.44. The zero-order valence-electron chi connectivity index (χ0n) is 12.1. The van der Waals surface area contributed by atoms with Gasteiger partial charge in [-0.05, 0) is 44.4 Å². The topological polar surface area (TPSA) is 54.2 Å². The van der Waals surface area contributed by atoms with E-state index in [4.69, 9.17) is 4.42 Å². The Hall–Kier alpha value is -1.10. The van der Waals surface area contributed by atoms with Crippen molar-refractivity contribution in [2.24, 2.45) is 5.92 Å². The van der Waals surface area contributed by atoms with Crippen LogP contribution in [0.2, 0.25) is 0 Å². The Morgan fingerprint density at radius 3 is 2.80 bits per heavy atom. The predicted molar refractivity (Wildman–Crippen MR) is 76.5 cm³/mol. The molecular weight excluding hydrogens is 252 g/mol. The van der Waals surface area contributed by atoms with Crippen LogP contribution >= 0.6 is 0 Å². The molecule has 2 heterocycles. The number of nitrogens with zero attached hydrogens (tertiary/aromatic N) is 3. The van der Waals surface area contributed by atoms with Gasteiger partial charge in [-0.15, -0.1) is 5.10 Å². The van der Waals surface area contributed by atoms with Gasteiger partial charge in [0, 0.05) is 18.6 Å². The highest BCUT2D eigenvalue weighted by atomic mass is 16.4. The van der Waals surface area contributed by atoms with Gasteiger partial charge in [0.2, 0.25) is 5.89 Å². The molecule has 3 fully saturated rings. The summed E-state index contributed by atoms with van der Waals surface area (Å²) < 4.78 is 5.89. The fourth-order valence-corrected chi connectivity index (χ4v) is 3.81. The van der Waals surface area contributed by atoms with Crippen molar-refractivity contribution >= 4 is 6.01 Å². The lowest BCUT2D eigenvalue weighted by Gasteiger charge is -2.43.